The van der Waals surface area contributed by atoms with Crippen LogP contribution in [-0.4, -0.2) is 6.04 Å². The molecule has 2 nitrogen and oxygen atoms in total. The van der Waals surface area contributed by atoms with Gasteiger partial charge in [-0.25, -0.2) is 9.82 Å². The number of benzene rings is 2. The number of aryl methyl sites for hydroxylation is 1. The number of nitrogens with one attached hydrogen (secondary N) is 2. The lowest BCUT2D eigenvalue weighted by atomic mass is 9.92. The van der Waals surface area contributed by atoms with Gasteiger partial charge in [0.1, 0.15) is 5.82 Å². The van der Waals surface area contributed by atoms with Crippen molar-refractivity contribution in [1.82, 2.24) is 10.9 Å². The van der Waals surface area contributed by atoms with Crippen molar-refractivity contribution in [2.24, 2.45) is 5.92 Å². The minimum Gasteiger partial charge on any atom is -0.329 e. The monoisotopic (exact) mass is 552 g/mol. The fourth-order valence-corrected chi connectivity index (χ4v) is 3.37. The van der Waals surface area contributed by atoms with E-state index in [4.69, 9.17) is 0 Å². The lowest BCUT2D eigenvalue weighted by Gasteiger charge is -2.15. The first kappa shape index (κ1) is 41.6. The number of allylic oxidation sites excluding steroid dienone is 5. The van der Waals surface area contributed by atoms with Crippen LogP contribution in [0.5, 0.6) is 0 Å². The lowest BCUT2D eigenvalue weighted by Crippen LogP contribution is -2.36. The van der Waals surface area contributed by atoms with Gasteiger partial charge in [0, 0.05) is 12.2 Å². The molecule has 0 saturated heterocycles. The second-order valence-corrected chi connectivity index (χ2v) is 9.33. The van der Waals surface area contributed by atoms with Crippen LogP contribution < -0.4 is 10.9 Å². The smallest absolute Gasteiger partial charge is 0.129 e. The van der Waals surface area contributed by atoms with Crippen LogP contribution in [0.2, 0.25) is 0 Å². The van der Waals surface area contributed by atoms with E-state index in [1.54, 1.807) is 31.3 Å². The number of halogens is 1. The highest BCUT2D eigenvalue weighted by Gasteiger charge is 2.08. The minimum absolute atomic E-state index is 0.104. The van der Waals surface area contributed by atoms with E-state index in [9.17, 15) is 4.39 Å². The van der Waals surface area contributed by atoms with Crippen molar-refractivity contribution >= 4 is 5.57 Å². The SMILES string of the molecule is C=CCc1cccc(C)c1F.C=CNNC(C)Cc1ccc(/C(=C/C(C)=C\C)C(C)C)cc1.CC.CC.CCC. The molecule has 0 bridgehead atoms. The van der Waals surface area contributed by atoms with Crippen molar-refractivity contribution in [1.29, 1.82) is 0 Å². The second kappa shape index (κ2) is 27.6. The molecule has 40 heavy (non-hydrogen) atoms. The van der Waals surface area contributed by atoms with Gasteiger partial charge in [-0.3, -0.25) is 0 Å². The molecule has 0 aliphatic rings. The standard InChI is InChI=1S/C20H30N2.C10H11F.C3H8.2C2H6/c1-7-16(5)13-20(15(3)4)19-11-9-18(10-12-19)14-17(6)22-21-8-2;1-3-5-9-7-4-6-8(2)10(9)11;1-3-2;2*1-2/h7-13,15,17,21-22H,2,14H2,1,3-6H3;3-4,6-7H,1,5H2,2H3;3H2,1-2H3;2*1-2H3/b16-7-,20-13+;;;;. The van der Waals surface area contributed by atoms with Gasteiger partial charge in [0.15, 0.2) is 0 Å². The third-order valence-corrected chi connectivity index (χ3v) is 5.36. The summed E-state index contributed by atoms with van der Waals surface area (Å²) in [5, 5.41) is 0. The summed E-state index contributed by atoms with van der Waals surface area (Å²) in [5.41, 5.74) is 12.9. The molecular formula is C37H61FN2. The maximum atomic E-state index is 13.1. The molecule has 2 rings (SSSR count). The van der Waals surface area contributed by atoms with Crippen molar-refractivity contribution in [2.75, 3.05) is 0 Å². The third-order valence-electron chi connectivity index (χ3n) is 5.36. The summed E-state index contributed by atoms with van der Waals surface area (Å²) < 4.78 is 13.1. The molecule has 3 heteroatoms. The van der Waals surface area contributed by atoms with Crippen LogP contribution in [0.25, 0.3) is 5.57 Å². The van der Waals surface area contributed by atoms with Crippen LogP contribution in [0, 0.1) is 18.7 Å². The van der Waals surface area contributed by atoms with Crippen LogP contribution in [-0.2, 0) is 12.8 Å². The molecule has 0 heterocycles. The summed E-state index contributed by atoms with van der Waals surface area (Å²) >= 11 is 0. The summed E-state index contributed by atoms with van der Waals surface area (Å²) in [6, 6.07) is 14.7. The number of rotatable bonds is 10. The molecule has 0 saturated carbocycles. The highest BCUT2D eigenvalue weighted by molar-refractivity contribution is 5.69. The van der Waals surface area contributed by atoms with E-state index in [1.807, 2.05) is 33.8 Å². The molecule has 0 aliphatic heterocycles. The van der Waals surface area contributed by atoms with Crippen molar-refractivity contribution in [3.05, 3.63) is 114 Å². The molecule has 2 N–H and O–H groups in total. The molecule has 0 aromatic heterocycles. The fourth-order valence-electron chi connectivity index (χ4n) is 3.37. The van der Waals surface area contributed by atoms with E-state index >= 15 is 0 Å². The van der Waals surface area contributed by atoms with Crippen LogP contribution >= 0.6 is 0 Å². The Hall–Kier alpha value is -2.91. The Morgan fingerprint density at radius 2 is 1.50 bits per heavy atom. The Kier molecular flexibility index (Phi) is 28.7. The number of hydrazine groups is 1. The summed E-state index contributed by atoms with van der Waals surface area (Å²) in [7, 11) is 0. The number of hydrogen-bond acceptors (Lipinski definition) is 2. The fraction of sp³-hybridized carbons (Fsp3) is 0.459. The van der Waals surface area contributed by atoms with Crippen LogP contribution in [0.3, 0.4) is 0 Å². The first-order valence-electron chi connectivity index (χ1n) is 15.1. The third kappa shape index (κ3) is 19.2. The van der Waals surface area contributed by atoms with Gasteiger partial charge in [-0.1, -0.05) is 135 Å². The zero-order chi connectivity index (χ0) is 31.5. The summed E-state index contributed by atoms with van der Waals surface area (Å²) in [6.07, 6.45) is 10.6. The molecule has 0 radical (unpaired) electrons. The Labute approximate surface area is 248 Å². The molecular weight excluding hydrogens is 491 g/mol. The first-order valence-corrected chi connectivity index (χ1v) is 15.1. The zero-order valence-corrected chi connectivity index (χ0v) is 27.9. The van der Waals surface area contributed by atoms with E-state index in [2.05, 4.69) is 109 Å². The first-order chi connectivity index (χ1) is 19.1. The van der Waals surface area contributed by atoms with Gasteiger partial charge in [0.2, 0.25) is 0 Å². The van der Waals surface area contributed by atoms with Crippen molar-refractivity contribution in [3.63, 3.8) is 0 Å². The molecule has 1 atom stereocenters. The largest absolute Gasteiger partial charge is 0.329 e. The Morgan fingerprint density at radius 1 is 0.950 bits per heavy atom. The molecule has 0 fully saturated rings. The zero-order valence-electron chi connectivity index (χ0n) is 27.9. The topological polar surface area (TPSA) is 24.1 Å². The van der Waals surface area contributed by atoms with Gasteiger partial charge < -0.3 is 5.43 Å². The Balaban J connectivity index is -0.000000632. The maximum absolute atomic E-state index is 13.1. The van der Waals surface area contributed by atoms with Gasteiger partial charge in [0.05, 0.1) is 0 Å². The van der Waals surface area contributed by atoms with Crippen LogP contribution in [0.1, 0.15) is 105 Å². The van der Waals surface area contributed by atoms with E-state index < -0.39 is 0 Å². The predicted octanol–water partition coefficient (Wildman–Crippen LogP) is 11.2. The lowest BCUT2D eigenvalue weighted by molar-refractivity contribution is 0.504. The van der Waals surface area contributed by atoms with E-state index in [0.29, 0.717) is 23.9 Å². The number of hydrogen-bond donors (Lipinski definition) is 2. The van der Waals surface area contributed by atoms with Gasteiger partial charge >= 0.3 is 0 Å². The molecule has 0 amide bonds. The molecule has 0 spiro atoms. The summed E-state index contributed by atoms with van der Waals surface area (Å²) in [4.78, 5) is 0. The van der Waals surface area contributed by atoms with Crippen LogP contribution in [0.15, 0.2) is 85.6 Å². The highest BCUT2D eigenvalue weighted by Crippen LogP contribution is 2.25. The van der Waals surface area contributed by atoms with E-state index in [-0.39, 0.29) is 5.82 Å². The van der Waals surface area contributed by atoms with Crippen molar-refractivity contribution < 1.29 is 4.39 Å². The van der Waals surface area contributed by atoms with E-state index in [0.717, 1.165) is 12.0 Å². The predicted molar refractivity (Wildman–Crippen MR) is 182 cm³/mol. The van der Waals surface area contributed by atoms with Crippen LogP contribution in [0.4, 0.5) is 4.39 Å². The molecule has 2 aromatic carbocycles. The summed E-state index contributed by atoms with van der Waals surface area (Å²) in [5.74, 6) is 0.408. The van der Waals surface area contributed by atoms with Gasteiger partial charge in [-0.15, -0.1) is 6.58 Å². The maximum Gasteiger partial charge on any atom is 0.129 e. The quantitative estimate of drug-likeness (QED) is 0.174. The summed E-state index contributed by atoms with van der Waals surface area (Å²) in [6.45, 7) is 32.1. The molecule has 2 aromatic rings. The second-order valence-electron chi connectivity index (χ2n) is 9.33. The van der Waals surface area contributed by atoms with Crippen molar-refractivity contribution in [3.8, 4) is 0 Å². The van der Waals surface area contributed by atoms with E-state index in [1.165, 1.54) is 28.7 Å². The molecule has 1 unspecified atom stereocenters. The average Bonchev–Trinajstić information content (AvgIpc) is 2.96. The van der Waals surface area contributed by atoms with Gasteiger partial charge in [-0.2, -0.15) is 0 Å². The van der Waals surface area contributed by atoms with Crippen molar-refractivity contribution in [2.45, 2.75) is 108 Å². The highest BCUT2D eigenvalue weighted by atomic mass is 19.1. The molecule has 0 aliphatic carbocycles. The van der Waals surface area contributed by atoms with Gasteiger partial charge in [0.25, 0.3) is 0 Å². The Morgan fingerprint density at radius 3 is 1.95 bits per heavy atom. The minimum atomic E-state index is -0.104. The average molecular weight is 553 g/mol. The molecule has 226 valence electrons. The Bertz CT molecular complexity index is 953. The normalized spacial score (nSPS) is 11.2. The van der Waals surface area contributed by atoms with Gasteiger partial charge in [-0.05, 0) is 74.3 Å².